The van der Waals surface area contributed by atoms with Crippen LogP contribution >= 0.6 is 0 Å². The molecule has 74 valence electrons. The molecule has 0 bridgehead atoms. The minimum atomic E-state index is -0.0204. The highest BCUT2D eigenvalue weighted by Gasteiger charge is 2.14. The summed E-state index contributed by atoms with van der Waals surface area (Å²) in [5.74, 6) is 0.0100. The van der Waals surface area contributed by atoms with Crippen molar-refractivity contribution in [3.8, 4) is 5.75 Å². The zero-order valence-corrected chi connectivity index (χ0v) is 8.52. The zero-order valence-electron chi connectivity index (χ0n) is 8.52. The van der Waals surface area contributed by atoms with Crippen LogP contribution in [0.3, 0.4) is 0 Å². The van der Waals surface area contributed by atoms with Gasteiger partial charge in [0.25, 0.3) is 0 Å². The molecule has 1 N–H and O–H groups in total. The second-order valence-corrected chi connectivity index (χ2v) is 4.14. The van der Waals surface area contributed by atoms with E-state index in [0.29, 0.717) is 0 Å². The van der Waals surface area contributed by atoms with Crippen molar-refractivity contribution in [2.75, 3.05) is 0 Å². The molecule has 0 radical (unpaired) electrons. The van der Waals surface area contributed by atoms with Crippen molar-refractivity contribution >= 4 is 5.69 Å². The maximum absolute atomic E-state index is 9.37. The van der Waals surface area contributed by atoms with Crippen LogP contribution in [0, 0.1) is 0 Å². The van der Waals surface area contributed by atoms with Crippen molar-refractivity contribution < 1.29 is 5.11 Å². The molecule has 0 heterocycles. The van der Waals surface area contributed by atoms with Gasteiger partial charge in [0.1, 0.15) is 5.75 Å². The highest BCUT2D eigenvalue weighted by molar-refractivity contribution is 5.53. The van der Waals surface area contributed by atoms with E-state index in [1.807, 2.05) is 6.07 Å². The maximum Gasteiger partial charge on any atom is 0.125 e. The van der Waals surface area contributed by atoms with E-state index in [2.05, 4.69) is 30.8 Å². The van der Waals surface area contributed by atoms with Gasteiger partial charge in [-0.15, -0.1) is 0 Å². The second-order valence-electron chi connectivity index (χ2n) is 4.14. The molecule has 0 unspecified atom stereocenters. The van der Waals surface area contributed by atoms with Crippen LogP contribution in [0.5, 0.6) is 5.75 Å². The monoisotopic (exact) mass is 191 g/mol. The van der Waals surface area contributed by atoms with E-state index in [0.717, 1.165) is 5.56 Å². The van der Waals surface area contributed by atoms with Gasteiger partial charge in [0, 0.05) is 4.91 Å². The number of hydrogen-bond acceptors (Lipinski definition) is 2. The molecule has 4 heteroatoms. The lowest BCUT2D eigenvalue weighted by atomic mass is 9.87. The molecular formula is C10H13N3O. The minimum absolute atomic E-state index is 0.0100. The molecule has 0 aliphatic heterocycles. The number of hydrogen-bond donors (Lipinski definition) is 1. The van der Waals surface area contributed by atoms with E-state index in [1.165, 1.54) is 0 Å². The Bertz CT molecular complexity index is 387. The van der Waals surface area contributed by atoms with Crippen LogP contribution in [0.1, 0.15) is 26.3 Å². The van der Waals surface area contributed by atoms with E-state index < -0.39 is 0 Å². The van der Waals surface area contributed by atoms with Crippen molar-refractivity contribution in [1.82, 2.24) is 0 Å². The predicted molar refractivity (Wildman–Crippen MR) is 55.6 cm³/mol. The highest BCUT2D eigenvalue weighted by Crippen LogP contribution is 2.32. The molecule has 0 spiro atoms. The molecule has 0 amide bonds. The number of azide groups is 1. The van der Waals surface area contributed by atoms with Gasteiger partial charge in [0.05, 0.1) is 5.69 Å². The summed E-state index contributed by atoms with van der Waals surface area (Å²) in [4.78, 5) is 2.65. The summed E-state index contributed by atoms with van der Waals surface area (Å²) in [6.45, 7) is 6.16. The summed E-state index contributed by atoms with van der Waals surface area (Å²) in [6.07, 6.45) is 0. The van der Waals surface area contributed by atoms with Crippen molar-refractivity contribution in [2.45, 2.75) is 26.2 Å². The molecule has 1 aromatic rings. The lowest BCUT2D eigenvalue weighted by molar-refractivity contribution is 0.475. The van der Waals surface area contributed by atoms with Gasteiger partial charge in [-0.25, -0.2) is 0 Å². The summed E-state index contributed by atoms with van der Waals surface area (Å²) in [7, 11) is 0. The average molecular weight is 191 g/mol. The Morgan fingerprint density at radius 2 is 2.00 bits per heavy atom. The van der Waals surface area contributed by atoms with E-state index in [1.54, 1.807) is 12.1 Å². The van der Waals surface area contributed by atoms with Gasteiger partial charge >= 0.3 is 0 Å². The molecule has 0 fully saturated rings. The Hall–Kier alpha value is -1.67. The number of phenolic OH excluding ortho intramolecular Hbond substituents is 1. The number of nitrogens with zero attached hydrogens (tertiary/aromatic N) is 3. The summed E-state index contributed by atoms with van der Waals surface area (Å²) >= 11 is 0. The van der Waals surface area contributed by atoms with Gasteiger partial charge in [-0.3, -0.25) is 0 Å². The highest BCUT2D eigenvalue weighted by atomic mass is 16.3. The SMILES string of the molecule is CC(C)(C)c1ccc(O)c(N=[N+]=[N-])c1. The standard InChI is InChI=1S/C10H13N3O/c1-10(2,3)7-4-5-9(14)8(6-7)12-13-11/h4-6,14H,1-3H3. The van der Waals surface area contributed by atoms with Crippen LogP contribution < -0.4 is 0 Å². The van der Waals surface area contributed by atoms with Crippen LogP contribution in [0.25, 0.3) is 10.4 Å². The molecule has 0 aromatic heterocycles. The first-order valence-electron chi connectivity index (χ1n) is 4.34. The molecule has 0 saturated carbocycles. The fourth-order valence-electron chi connectivity index (χ4n) is 1.12. The molecule has 0 atom stereocenters. The minimum Gasteiger partial charge on any atom is -0.507 e. The van der Waals surface area contributed by atoms with Gasteiger partial charge in [0.2, 0.25) is 0 Å². The Labute approximate surface area is 82.8 Å². The first kappa shape index (κ1) is 10.4. The maximum atomic E-state index is 9.37. The number of aromatic hydroxyl groups is 1. The summed E-state index contributed by atoms with van der Waals surface area (Å²) < 4.78 is 0. The first-order chi connectivity index (χ1) is 6.45. The van der Waals surface area contributed by atoms with E-state index >= 15 is 0 Å². The quantitative estimate of drug-likeness (QED) is 0.411. The van der Waals surface area contributed by atoms with E-state index in [-0.39, 0.29) is 16.9 Å². The van der Waals surface area contributed by atoms with Crippen molar-refractivity contribution in [3.63, 3.8) is 0 Å². The van der Waals surface area contributed by atoms with E-state index in [4.69, 9.17) is 5.53 Å². The summed E-state index contributed by atoms with van der Waals surface area (Å²) in [6, 6.07) is 5.07. The van der Waals surface area contributed by atoms with Gasteiger partial charge in [0.15, 0.2) is 0 Å². The van der Waals surface area contributed by atoms with Crippen LogP contribution in [-0.4, -0.2) is 5.11 Å². The van der Waals surface area contributed by atoms with Gasteiger partial charge in [-0.1, -0.05) is 32.0 Å². The Balaban J connectivity index is 3.26. The zero-order chi connectivity index (χ0) is 10.8. The summed E-state index contributed by atoms with van der Waals surface area (Å²) in [5, 5.41) is 12.8. The lowest BCUT2D eigenvalue weighted by Crippen LogP contribution is -2.10. The van der Waals surface area contributed by atoms with Crippen LogP contribution in [0.4, 0.5) is 5.69 Å². The molecule has 4 nitrogen and oxygen atoms in total. The van der Waals surface area contributed by atoms with Crippen LogP contribution in [0.15, 0.2) is 23.3 Å². The molecule has 0 saturated heterocycles. The average Bonchev–Trinajstić information content (AvgIpc) is 2.07. The van der Waals surface area contributed by atoms with Gasteiger partial charge in [-0.2, -0.15) is 0 Å². The fraction of sp³-hybridized carbons (Fsp3) is 0.400. The third-order valence-electron chi connectivity index (χ3n) is 1.99. The van der Waals surface area contributed by atoms with Crippen molar-refractivity contribution in [2.24, 2.45) is 5.11 Å². The molecule has 0 aliphatic rings. The smallest absolute Gasteiger partial charge is 0.125 e. The largest absolute Gasteiger partial charge is 0.507 e. The van der Waals surface area contributed by atoms with Gasteiger partial charge in [-0.05, 0) is 28.6 Å². The molecular weight excluding hydrogens is 178 g/mol. The van der Waals surface area contributed by atoms with Crippen LogP contribution in [-0.2, 0) is 5.41 Å². The Kier molecular flexibility index (Phi) is 2.68. The number of rotatable bonds is 1. The summed E-state index contributed by atoms with van der Waals surface area (Å²) in [5.41, 5.74) is 9.57. The van der Waals surface area contributed by atoms with Crippen molar-refractivity contribution in [3.05, 3.63) is 34.2 Å². The molecule has 1 aromatic carbocycles. The fourth-order valence-corrected chi connectivity index (χ4v) is 1.12. The predicted octanol–water partition coefficient (Wildman–Crippen LogP) is 3.63. The van der Waals surface area contributed by atoms with E-state index in [9.17, 15) is 5.11 Å². The van der Waals surface area contributed by atoms with Crippen molar-refractivity contribution in [1.29, 1.82) is 0 Å². The third-order valence-corrected chi connectivity index (χ3v) is 1.99. The van der Waals surface area contributed by atoms with Crippen LogP contribution in [0.2, 0.25) is 0 Å². The number of benzene rings is 1. The lowest BCUT2D eigenvalue weighted by Gasteiger charge is -2.19. The topological polar surface area (TPSA) is 69.0 Å². The normalized spacial score (nSPS) is 10.8. The Morgan fingerprint density at radius 1 is 1.36 bits per heavy atom. The third kappa shape index (κ3) is 2.18. The molecule has 0 aliphatic carbocycles. The Morgan fingerprint density at radius 3 is 2.50 bits per heavy atom. The molecule has 14 heavy (non-hydrogen) atoms. The van der Waals surface area contributed by atoms with Gasteiger partial charge < -0.3 is 5.11 Å². The first-order valence-corrected chi connectivity index (χ1v) is 4.34. The number of phenols is 1. The molecule has 1 rings (SSSR count). The second kappa shape index (κ2) is 3.60.